The van der Waals surface area contributed by atoms with Crippen LogP contribution >= 0.6 is 0 Å². The number of aromatic nitrogens is 2. The van der Waals surface area contributed by atoms with Crippen molar-refractivity contribution in [3.63, 3.8) is 0 Å². The molecule has 6 rings (SSSR count). The lowest BCUT2D eigenvalue weighted by Gasteiger charge is -2.14. The molecular formula is C27H19N3O2. The van der Waals surface area contributed by atoms with Gasteiger partial charge in [-0.05, 0) is 30.7 Å². The van der Waals surface area contributed by atoms with E-state index in [1.807, 2.05) is 85.8 Å². The van der Waals surface area contributed by atoms with Crippen LogP contribution in [0.25, 0.3) is 38.1 Å². The summed E-state index contributed by atoms with van der Waals surface area (Å²) in [6.07, 6.45) is 0. The summed E-state index contributed by atoms with van der Waals surface area (Å²) >= 11 is 0. The minimum atomic E-state index is -0.245. The van der Waals surface area contributed by atoms with Gasteiger partial charge in [0.15, 0.2) is 0 Å². The third-order valence-corrected chi connectivity index (χ3v) is 6.15. The first-order chi connectivity index (χ1) is 15.6. The van der Waals surface area contributed by atoms with Gasteiger partial charge < -0.3 is 5.32 Å². The lowest BCUT2D eigenvalue weighted by Crippen LogP contribution is -2.27. The first-order valence-electron chi connectivity index (χ1n) is 10.6. The largest absolute Gasteiger partial charge is 0.344 e. The Balaban J connectivity index is 1.63. The van der Waals surface area contributed by atoms with Crippen LogP contribution < -0.4 is 10.9 Å². The Morgan fingerprint density at radius 1 is 0.844 bits per heavy atom. The number of carbonyl (C=O) groups excluding carboxylic acids is 1. The zero-order valence-corrected chi connectivity index (χ0v) is 17.4. The molecule has 1 amide bonds. The highest BCUT2D eigenvalue weighted by Gasteiger charge is 2.21. The van der Waals surface area contributed by atoms with Crippen LogP contribution in [0.1, 0.15) is 29.0 Å². The number of amides is 1. The van der Waals surface area contributed by atoms with Crippen molar-refractivity contribution in [1.82, 2.24) is 14.7 Å². The van der Waals surface area contributed by atoms with Crippen molar-refractivity contribution in [3.05, 3.63) is 107 Å². The van der Waals surface area contributed by atoms with Crippen molar-refractivity contribution in [1.29, 1.82) is 0 Å². The highest BCUT2D eigenvalue weighted by atomic mass is 16.2. The van der Waals surface area contributed by atoms with Crippen LogP contribution in [0.15, 0.2) is 89.7 Å². The number of hydrogen-bond donors (Lipinski definition) is 1. The average Bonchev–Trinajstić information content (AvgIpc) is 3.18. The molecule has 3 aromatic heterocycles. The molecule has 0 saturated carbocycles. The number of hydrogen-bond acceptors (Lipinski definition) is 3. The maximum absolute atomic E-state index is 13.3. The van der Waals surface area contributed by atoms with Gasteiger partial charge in [0, 0.05) is 21.5 Å². The number of nitrogens with one attached hydrogen (secondary N) is 1. The fraction of sp³-hybridized carbons (Fsp3) is 0.0741. The van der Waals surface area contributed by atoms with Gasteiger partial charge in [-0.1, -0.05) is 66.7 Å². The Bertz CT molecular complexity index is 1700. The summed E-state index contributed by atoms with van der Waals surface area (Å²) in [5.41, 5.74) is 3.52. The zero-order valence-electron chi connectivity index (χ0n) is 17.4. The molecular weight excluding hydrogens is 398 g/mol. The SMILES string of the molecule is CC(NC(=O)c1cc2c3ccccc3n3c(=O)c4ccccc4c(n1)c23)c1ccccc1. The van der Waals surface area contributed by atoms with E-state index in [0.29, 0.717) is 16.6 Å². The number of pyridine rings is 2. The number of carbonyl (C=O) groups is 1. The predicted molar refractivity (Wildman–Crippen MR) is 127 cm³/mol. The fourth-order valence-electron chi connectivity index (χ4n) is 4.59. The molecule has 1 unspecified atom stereocenters. The molecule has 32 heavy (non-hydrogen) atoms. The van der Waals surface area contributed by atoms with Crippen molar-refractivity contribution < 1.29 is 4.79 Å². The van der Waals surface area contributed by atoms with E-state index in [4.69, 9.17) is 4.98 Å². The molecule has 0 bridgehead atoms. The van der Waals surface area contributed by atoms with Crippen molar-refractivity contribution in [2.24, 2.45) is 0 Å². The zero-order chi connectivity index (χ0) is 21.8. The standard InChI is InChI=1S/C27H19N3O2/c1-16(17-9-3-2-4-10-17)28-26(31)22-15-21-18-11-7-8-14-23(18)30-25(21)24(29-22)19-12-5-6-13-20(19)27(30)32/h2-16H,1H3,(H,28,31). The molecule has 1 N–H and O–H groups in total. The Hall–Kier alpha value is -4.25. The monoisotopic (exact) mass is 417 g/mol. The highest BCUT2D eigenvalue weighted by Crippen LogP contribution is 2.33. The Kier molecular flexibility index (Phi) is 3.98. The van der Waals surface area contributed by atoms with Crippen LogP contribution in [0.5, 0.6) is 0 Å². The summed E-state index contributed by atoms with van der Waals surface area (Å²) in [5.74, 6) is -0.245. The molecule has 0 radical (unpaired) electrons. The van der Waals surface area contributed by atoms with Gasteiger partial charge in [-0.15, -0.1) is 0 Å². The van der Waals surface area contributed by atoms with Crippen LogP contribution in [-0.2, 0) is 0 Å². The molecule has 3 aromatic carbocycles. The molecule has 0 aliphatic carbocycles. The van der Waals surface area contributed by atoms with Crippen LogP contribution in [0, 0.1) is 0 Å². The summed E-state index contributed by atoms with van der Waals surface area (Å²) in [5, 5.41) is 6.18. The molecule has 154 valence electrons. The molecule has 5 nitrogen and oxygen atoms in total. The summed E-state index contributed by atoms with van der Waals surface area (Å²) in [6.45, 7) is 1.95. The van der Waals surface area contributed by atoms with Crippen LogP contribution in [0.2, 0.25) is 0 Å². The van der Waals surface area contributed by atoms with E-state index in [2.05, 4.69) is 5.32 Å². The van der Waals surface area contributed by atoms with Crippen molar-refractivity contribution in [3.8, 4) is 0 Å². The third kappa shape index (κ3) is 2.61. The average molecular weight is 417 g/mol. The van der Waals surface area contributed by atoms with Crippen LogP contribution in [-0.4, -0.2) is 15.3 Å². The molecule has 0 aliphatic heterocycles. The second-order valence-electron chi connectivity index (χ2n) is 8.06. The summed E-state index contributed by atoms with van der Waals surface area (Å²) < 4.78 is 1.73. The normalized spacial score (nSPS) is 12.7. The van der Waals surface area contributed by atoms with Gasteiger partial charge in [-0.2, -0.15) is 0 Å². The lowest BCUT2D eigenvalue weighted by atomic mass is 10.1. The summed E-state index contributed by atoms with van der Waals surface area (Å²) in [4.78, 5) is 31.3. The van der Waals surface area contributed by atoms with Gasteiger partial charge >= 0.3 is 0 Å². The first kappa shape index (κ1) is 18.5. The predicted octanol–water partition coefficient (Wildman–Crippen LogP) is 5.08. The quantitative estimate of drug-likeness (QED) is 0.408. The molecule has 0 fully saturated rings. The lowest BCUT2D eigenvalue weighted by molar-refractivity contribution is 0.0935. The molecule has 3 heterocycles. The van der Waals surface area contributed by atoms with Gasteiger partial charge in [0.1, 0.15) is 5.69 Å². The number of nitrogens with zero attached hydrogens (tertiary/aromatic N) is 2. The smallest absolute Gasteiger partial charge is 0.270 e. The van der Waals surface area contributed by atoms with Gasteiger partial charge in [-0.3, -0.25) is 14.0 Å². The topological polar surface area (TPSA) is 63.5 Å². The van der Waals surface area contributed by atoms with E-state index in [-0.39, 0.29) is 17.5 Å². The van der Waals surface area contributed by atoms with Crippen LogP contribution in [0.3, 0.4) is 0 Å². The molecule has 0 saturated heterocycles. The fourth-order valence-corrected chi connectivity index (χ4v) is 4.59. The third-order valence-electron chi connectivity index (χ3n) is 6.15. The van der Waals surface area contributed by atoms with E-state index in [0.717, 1.165) is 32.8 Å². The van der Waals surface area contributed by atoms with E-state index >= 15 is 0 Å². The Morgan fingerprint density at radius 3 is 2.28 bits per heavy atom. The first-order valence-corrected chi connectivity index (χ1v) is 10.6. The number of fused-ring (bicyclic) bond motifs is 5. The second kappa shape index (κ2) is 6.89. The molecule has 0 spiro atoms. The van der Waals surface area contributed by atoms with Gasteiger partial charge in [0.25, 0.3) is 11.5 Å². The van der Waals surface area contributed by atoms with E-state index in [9.17, 15) is 9.59 Å². The van der Waals surface area contributed by atoms with E-state index < -0.39 is 0 Å². The van der Waals surface area contributed by atoms with Gasteiger partial charge in [-0.25, -0.2) is 4.98 Å². The van der Waals surface area contributed by atoms with Crippen molar-refractivity contribution >= 4 is 44.0 Å². The number of rotatable bonds is 3. The van der Waals surface area contributed by atoms with Crippen molar-refractivity contribution in [2.45, 2.75) is 13.0 Å². The molecule has 6 aromatic rings. The van der Waals surface area contributed by atoms with E-state index in [1.165, 1.54) is 0 Å². The van der Waals surface area contributed by atoms with E-state index in [1.54, 1.807) is 10.5 Å². The maximum Gasteiger partial charge on any atom is 0.270 e. The minimum absolute atomic E-state index is 0.0731. The number of para-hydroxylation sites is 1. The maximum atomic E-state index is 13.3. The van der Waals surface area contributed by atoms with Gasteiger partial charge in [0.2, 0.25) is 0 Å². The highest BCUT2D eigenvalue weighted by molar-refractivity contribution is 6.20. The van der Waals surface area contributed by atoms with Crippen LogP contribution in [0.4, 0.5) is 0 Å². The Labute approximate surface area is 183 Å². The molecule has 5 heteroatoms. The minimum Gasteiger partial charge on any atom is -0.344 e. The molecule has 1 atom stereocenters. The Morgan fingerprint density at radius 2 is 1.50 bits per heavy atom. The summed E-state index contributed by atoms with van der Waals surface area (Å²) in [7, 11) is 0. The van der Waals surface area contributed by atoms with Gasteiger partial charge in [0.05, 0.1) is 22.6 Å². The van der Waals surface area contributed by atoms with Crippen molar-refractivity contribution in [2.75, 3.05) is 0 Å². The molecule has 0 aliphatic rings. The number of benzene rings is 3. The second-order valence-corrected chi connectivity index (χ2v) is 8.06. The summed E-state index contributed by atoms with van der Waals surface area (Å²) in [6, 6.07) is 26.7.